The van der Waals surface area contributed by atoms with Crippen LogP contribution in [-0.4, -0.2) is 28.5 Å². The fourth-order valence-electron chi connectivity index (χ4n) is 2.89. The Bertz CT molecular complexity index is 504. The summed E-state index contributed by atoms with van der Waals surface area (Å²) in [5.41, 5.74) is 5.93. The van der Waals surface area contributed by atoms with Gasteiger partial charge in [-0.05, 0) is 32.1 Å². The van der Waals surface area contributed by atoms with Gasteiger partial charge in [0, 0.05) is 30.9 Å². The number of pyridine rings is 1. The van der Waals surface area contributed by atoms with Crippen LogP contribution in [0.1, 0.15) is 39.0 Å². The molecule has 7 heteroatoms. The third-order valence-electron chi connectivity index (χ3n) is 3.93. The molecule has 6 nitrogen and oxygen atoms in total. The number of nitrogens with zero attached hydrogens (tertiary/aromatic N) is 3. The van der Waals surface area contributed by atoms with E-state index in [1.54, 1.807) is 0 Å². The van der Waals surface area contributed by atoms with Crippen LogP contribution in [0.4, 0.5) is 11.5 Å². The van der Waals surface area contributed by atoms with Gasteiger partial charge in [0.25, 0.3) is 0 Å². The molecular formula is C14H21ClN4O2. The van der Waals surface area contributed by atoms with Gasteiger partial charge in [-0.3, -0.25) is 10.1 Å². The molecule has 0 aliphatic heterocycles. The molecule has 2 rings (SSSR count). The summed E-state index contributed by atoms with van der Waals surface area (Å²) in [6, 6.07) is 1.89. The maximum atomic E-state index is 11.3. The van der Waals surface area contributed by atoms with Crippen molar-refractivity contribution in [2.24, 2.45) is 5.73 Å². The van der Waals surface area contributed by atoms with Gasteiger partial charge in [0.2, 0.25) is 5.82 Å². The average molecular weight is 313 g/mol. The van der Waals surface area contributed by atoms with E-state index in [1.807, 2.05) is 0 Å². The molecule has 0 unspecified atom stereocenters. The monoisotopic (exact) mass is 312 g/mol. The zero-order valence-electron chi connectivity index (χ0n) is 12.2. The number of nitro groups is 1. The predicted molar refractivity (Wildman–Crippen MR) is 83.8 cm³/mol. The lowest BCUT2D eigenvalue weighted by Gasteiger charge is -2.36. The van der Waals surface area contributed by atoms with Crippen LogP contribution < -0.4 is 10.6 Å². The van der Waals surface area contributed by atoms with E-state index in [0.29, 0.717) is 5.82 Å². The van der Waals surface area contributed by atoms with Crippen molar-refractivity contribution in [3.8, 4) is 0 Å². The molecule has 0 aromatic carbocycles. The third kappa shape index (κ3) is 3.83. The first-order valence-corrected chi connectivity index (χ1v) is 7.72. The van der Waals surface area contributed by atoms with Gasteiger partial charge in [-0.25, -0.2) is 4.98 Å². The molecule has 1 aliphatic rings. The van der Waals surface area contributed by atoms with E-state index in [0.717, 1.165) is 38.6 Å². The van der Waals surface area contributed by atoms with Gasteiger partial charge in [0.1, 0.15) is 0 Å². The summed E-state index contributed by atoms with van der Waals surface area (Å²) in [5.74, 6) is 0.423. The summed E-state index contributed by atoms with van der Waals surface area (Å²) in [6.07, 6.45) is 6.18. The third-order valence-corrected chi connectivity index (χ3v) is 4.14. The Kier molecular flexibility index (Phi) is 5.36. The predicted octanol–water partition coefficient (Wildman–Crippen LogP) is 3.13. The number of aromatic nitrogens is 1. The fourth-order valence-corrected chi connectivity index (χ4v) is 3.04. The first-order valence-electron chi connectivity index (χ1n) is 7.35. The molecule has 0 bridgehead atoms. The summed E-state index contributed by atoms with van der Waals surface area (Å²) >= 11 is 5.85. The van der Waals surface area contributed by atoms with Gasteiger partial charge >= 0.3 is 5.69 Å². The first kappa shape index (κ1) is 16.0. The second-order valence-corrected chi connectivity index (χ2v) is 5.95. The number of rotatable bonds is 5. The van der Waals surface area contributed by atoms with Crippen LogP contribution in [0.25, 0.3) is 0 Å². The standard InChI is InChI=1S/C14H21ClN4O2/c1-2-7-18(12-5-3-11(16)4-6-12)14-13(19(20)21)8-10(15)9-17-14/h8-9,11-12H,2-7,16H2,1H3. The smallest absolute Gasteiger partial charge is 0.313 e. The summed E-state index contributed by atoms with van der Waals surface area (Å²) in [7, 11) is 0. The summed E-state index contributed by atoms with van der Waals surface area (Å²) in [5, 5.41) is 11.6. The molecule has 1 aliphatic carbocycles. The topological polar surface area (TPSA) is 85.3 Å². The maximum absolute atomic E-state index is 11.3. The second-order valence-electron chi connectivity index (χ2n) is 5.52. The van der Waals surface area contributed by atoms with Gasteiger partial charge < -0.3 is 10.6 Å². The van der Waals surface area contributed by atoms with Crippen molar-refractivity contribution in [1.82, 2.24) is 4.98 Å². The Morgan fingerprint density at radius 1 is 1.48 bits per heavy atom. The molecule has 1 fully saturated rings. The van der Waals surface area contributed by atoms with E-state index < -0.39 is 4.92 Å². The Labute approximate surface area is 129 Å². The molecule has 1 saturated carbocycles. The van der Waals surface area contributed by atoms with Crippen LogP contribution in [0.3, 0.4) is 0 Å². The van der Waals surface area contributed by atoms with Crippen molar-refractivity contribution in [2.75, 3.05) is 11.4 Å². The Balaban J connectivity index is 2.31. The van der Waals surface area contributed by atoms with Gasteiger partial charge in [0.15, 0.2) is 0 Å². The van der Waals surface area contributed by atoms with Crippen LogP contribution >= 0.6 is 11.6 Å². The SMILES string of the molecule is CCCN(c1ncc(Cl)cc1[N+](=O)[O-])C1CCC(N)CC1. The van der Waals surface area contributed by atoms with Crippen LogP contribution in [0, 0.1) is 10.1 Å². The average Bonchev–Trinajstić information content (AvgIpc) is 2.46. The summed E-state index contributed by atoms with van der Waals surface area (Å²) in [6.45, 7) is 2.80. The van der Waals surface area contributed by atoms with Gasteiger partial charge in [-0.15, -0.1) is 0 Å². The number of halogens is 1. The molecule has 0 atom stereocenters. The van der Waals surface area contributed by atoms with E-state index in [2.05, 4.69) is 16.8 Å². The minimum atomic E-state index is -0.411. The Morgan fingerprint density at radius 2 is 2.14 bits per heavy atom. The first-order chi connectivity index (χ1) is 10.0. The minimum absolute atomic E-state index is 0.0224. The van der Waals surface area contributed by atoms with E-state index >= 15 is 0 Å². The summed E-state index contributed by atoms with van der Waals surface area (Å²) < 4.78 is 0. The lowest BCUT2D eigenvalue weighted by Crippen LogP contribution is -2.42. The fraction of sp³-hybridized carbons (Fsp3) is 0.643. The van der Waals surface area contributed by atoms with Crippen molar-refractivity contribution >= 4 is 23.1 Å². The minimum Gasteiger partial charge on any atom is -0.348 e. The number of nitrogens with two attached hydrogens (primary N) is 1. The van der Waals surface area contributed by atoms with Crippen LogP contribution in [0.2, 0.25) is 5.02 Å². The van der Waals surface area contributed by atoms with E-state index in [1.165, 1.54) is 12.3 Å². The molecule has 0 radical (unpaired) electrons. The number of hydrogen-bond donors (Lipinski definition) is 1. The van der Waals surface area contributed by atoms with E-state index in [-0.39, 0.29) is 22.8 Å². The van der Waals surface area contributed by atoms with Crippen molar-refractivity contribution in [2.45, 2.75) is 51.1 Å². The highest BCUT2D eigenvalue weighted by atomic mass is 35.5. The molecule has 1 aromatic heterocycles. The zero-order valence-corrected chi connectivity index (χ0v) is 12.9. The summed E-state index contributed by atoms with van der Waals surface area (Å²) in [4.78, 5) is 17.2. The molecule has 116 valence electrons. The van der Waals surface area contributed by atoms with Crippen LogP contribution in [0.5, 0.6) is 0 Å². The van der Waals surface area contributed by atoms with Gasteiger partial charge in [-0.1, -0.05) is 18.5 Å². The quantitative estimate of drug-likeness (QED) is 0.667. The second kappa shape index (κ2) is 7.04. The number of anilines is 1. The molecule has 0 amide bonds. The maximum Gasteiger partial charge on any atom is 0.313 e. The van der Waals surface area contributed by atoms with Crippen molar-refractivity contribution in [3.05, 3.63) is 27.4 Å². The molecule has 1 aromatic rings. The van der Waals surface area contributed by atoms with Crippen molar-refractivity contribution in [3.63, 3.8) is 0 Å². The molecule has 0 saturated heterocycles. The van der Waals surface area contributed by atoms with E-state index in [4.69, 9.17) is 17.3 Å². The largest absolute Gasteiger partial charge is 0.348 e. The zero-order chi connectivity index (χ0) is 15.4. The molecule has 2 N–H and O–H groups in total. The van der Waals surface area contributed by atoms with Crippen molar-refractivity contribution < 1.29 is 4.92 Å². The highest BCUT2D eigenvalue weighted by Gasteiger charge is 2.29. The lowest BCUT2D eigenvalue weighted by molar-refractivity contribution is -0.384. The molecule has 1 heterocycles. The molecule has 21 heavy (non-hydrogen) atoms. The normalized spacial score (nSPS) is 22.0. The van der Waals surface area contributed by atoms with Crippen LogP contribution in [0.15, 0.2) is 12.3 Å². The molecule has 0 spiro atoms. The highest BCUT2D eigenvalue weighted by molar-refractivity contribution is 6.30. The van der Waals surface area contributed by atoms with E-state index in [9.17, 15) is 10.1 Å². The highest BCUT2D eigenvalue weighted by Crippen LogP contribution is 2.33. The Morgan fingerprint density at radius 3 is 2.71 bits per heavy atom. The van der Waals surface area contributed by atoms with Crippen LogP contribution in [-0.2, 0) is 0 Å². The van der Waals surface area contributed by atoms with Gasteiger partial charge in [0.05, 0.1) is 9.95 Å². The molecular weight excluding hydrogens is 292 g/mol. The van der Waals surface area contributed by atoms with Crippen molar-refractivity contribution in [1.29, 1.82) is 0 Å². The lowest BCUT2D eigenvalue weighted by atomic mass is 9.90. The number of hydrogen-bond acceptors (Lipinski definition) is 5. The Hall–Kier alpha value is -1.40. The van der Waals surface area contributed by atoms with Gasteiger partial charge in [-0.2, -0.15) is 0 Å².